The molecule has 1 aromatic rings. The summed E-state index contributed by atoms with van der Waals surface area (Å²) in [6, 6.07) is 7.35. The van der Waals surface area contributed by atoms with Gasteiger partial charge in [0.25, 0.3) is 0 Å². The minimum absolute atomic E-state index is 0.00791. The zero-order valence-corrected chi connectivity index (χ0v) is 18.9. The molecule has 31 heavy (non-hydrogen) atoms. The van der Waals surface area contributed by atoms with E-state index in [9.17, 15) is 19.2 Å². The van der Waals surface area contributed by atoms with Crippen molar-refractivity contribution >= 4 is 29.1 Å². The van der Waals surface area contributed by atoms with Gasteiger partial charge in [0, 0.05) is 31.5 Å². The number of hydrogen-bond donors (Lipinski definition) is 2. The maximum atomic E-state index is 12.1. The van der Waals surface area contributed by atoms with Gasteiger partial charge in [-0.1, -0.05) is 31.9 Å². The maximum Gasteiger partial charge on any atom is 0.224 e. The highest BCUT2D eigenvalue weighted by Gasteiger charge is 2.18. The van der Waals surface area contributed by atoms with Crippen molar-refractivity contribution in [3.8, 4) is 0 Å². The van der Waals surface area contributed by atoms with Crippen molar-refractivity contribution in [1.82, 2.24) is 5.32 Å². The first-order valence-corrected chi connectivity index (χ1v) is 11.5. The van der Waals surface area contributed by atoms with Gasteiger partial charge in [-0.2, -0.15) is 0 Å². The van der Waals surface area contributed by atoms with Crippen LogP contribution < -0.4 is 10.6 Å². The molecule has 1 aliphatic carbocycles. The van der Waals surface area contributed by atoms with Crippen molar-refractivity contribution in [2.24, 2.45) is 11.8 Å². The van der Waals surface area contributed by atoms with Crippen molar-refractivity contribution in [2.45, 2.75) is 78.1 Å². The molecule has 0 unspecified atom stereocenters. The normalized spacial score (nSPS) is 18.3. The quantitative estimate of drug-likeness (QED) is 0.488. The lowest BCUT2D eigenvalue weighted by atomic mass is 9.83. The molecule has 1 aliphatic rings. The molecule has 0 atom stereocenters. The summed E-state index contributed by atoms with van der Waals surface area (Å²) < 4.78 is 0. The molecule has 6 nitrogen and oxygen atoms in total. The smallest absolute Gasteiger partial charge is 0.224 e. The molecule has 0 aromatic heterocycles. The summed E-state index contributed by atoms with van der Waals surface area (Å²) in [4.78, 5) is 46.7. The van der Waals surface area contributed by atoms with Gasteiger partial charge in [0.1, 0.15) is 11.6 Å². The predicted octanol–water partition coefficient (Wildman–Crippen LogP) is 4.22. The van der Waals surface area contributed by atoms with Crippen LogP contribution in [0.3, 0.4) is 0 Å². The monoisotopic (exact) mass is 428 g/mol. The standard InChI is InChI=1S/C25H36N2O4/c1-18-6-8-21(9-7-18)17-26-24(30)4-3-5-25(31)27-22-13-10-20(11-14-22)12-15-23(29)16-19(2)28/h10-11,13-14,18,21H,3-9,12,15-17H2,1-2H3,(H,26,30)(H,27,31). The Labute approximate surface area is 185 Å². The SMILES string of the molecule is CC(=O)CC(=O)CCc1ccc(NC(=O)CCCC(=O)NCC2CCC(C)CC2)cc1. The Kier molecular flexibility index (Phi) is 10.4. The lowest BCUT2D eigenvalue weighted by molar-refractivity contribution is -0.126. The number of amides is 2. The van der Waals surface area contributed by atoms with Crippen LogP contribution in [-0.4, -0.2) is 29.9 Å². The van der Waals surface area contributed by atoms with Gasteiger partial charge in [-0.3, -0.25) is 19.2 Å². The zero-order valence-electron chi connectivity index (χ0n) is 18.9. The second-order valence-corrected chi connectivity index (χ2v) is 8.95. The zero-order chi connectivity index (χ0) is 22.6. The highest BCUT2D eigenvalue weighted by molar-refractivity contribution is 5.98. The molecular formula is C25H36N2O4. The maximum absolute atomic E-state index is 12.1. The van der Waals surface area contributed by atoms with Crippen molar-refractivity contribution in [1.29, 1.82) is 0 Å². The van der Waals surface area contributed by atoms with Gasteiger partial charge in [-0.15, -0.1) is 0 Å². The predicted molar refractivity (Wildman–Crippen MR) is 122 cm³/mol. The number of benzene rings is 1. The van der Waals surface area contributed by atoms with E-state index in [0.717, 1.165) is 18.0 Å². The molecule has 1 saturated carbocycles. The Morgan fingerprint density at radius 2 is 1.55 bits per heavy atom. The lowest BCUT2D eigenvalue weighted by Crippen LogP contribution is -2.31. The molecule has 2 N–H and O–H groups in total. The number of carbonyl (C=O) groups excluding carboxylic acids is 4. The highest BCUT2D eigenvalue weighted by atomic mass is 16.2. The summed E-state index contributed by atoms with van der Waals surface area (Å²) in [5.74, 6) is 1.15. The van der Waals surface area contributed by atoms with Crippen molar-refractivity contribution < 1.29 is 19.2 Å². The van der Waals surface area contributed by atoms with Crippen LogP contribution in [0.1, 0.15) is 77.2 Å². The van der Waals surface area contributed by atoms with Crippen LogP contribution in [0.2, 0.25) is 0 Å². The number of nitrogens with one attached hydrogen (secondary N) is 2. The van der Waals surface area contributed by atoms with E-state index in [1.54, 1.807) is 12.1 Å². The highest BCUT2D eigenvalue weighted by Crippen LogP contribution is 2.27. The van der Waals surface area contributed by atoms with Gasteiger partial charge in [0.05, 0.1) is 6.42 Å². The molecule has 0 radical (unpaired) electrons. The Bertz CT molecular complexity index is 749. The molecule has 170 valence electrons. The van der Waals surface area contributed by atoms with Gasteiger partial charge in [0.2, 0.25) is 11.8 Å². The van der Waals surface area contributed by atoms with E-state index < -0.39 is 0 Å². The minimum atomic E-state index is -0.113. The van der Waals surface area contributed by atoms with Crippen LogP contribution in [-0.2, 0) is 25.6 Å². The van der Waals surface area contributed by atoms with E-state index in [4.69, 9.17) is 0 Å². The molecule has 0 aliphatic heterocycles. The largest absolute Gasteiger partial charge is 0.356 e. The fourth-order valence-corrected chi connectivity index (χ4v) is 3.92. The van der Waals surface area contributed by atoms with Gasteiger partial charge >= 0.3 is 0 Å². The summed E-state index contributed by atoms with van der Waals surface area (Å²) >= 11 is 0. The fraction of sp³-hybridized carbons (Fsp3) is 0.600. The molecular weight excluding hydrogens is 392 g/mol. The first-order chi connectivity index (χ1) is 14.8. The van der Waals surface area contributed by atoms with Crippen LogP contribution in [0, 0.1) is 11.8 Å². The molecule has 0 saturated heterocycles. The third-order valence-corrected chi connectivity index (χ3v) is 5.91. The number of anilines is 1. The van der Waals surface area contributed by atoms with Crippen LogP contribution in [0.25, 0.3) is 0 Å². The third-order valence-electron chi connectivity index (χ3n) is 5.91. The van der Waals surface area contributed by atoms with Gasteiger partial charge in [-0.25, -0.2) is 0 Å². The Hall–Kier alpha value is -2.50. The topological polar surface area (TPSA) is 92.3 Å². The summed E-state index contributed by atoms with van der Waals surface area (Å²) in [5, 5.41) is 5.85. The van der Waals surface area contributed by atoms with Crippen LogP contribution in [0.4, 0.5) is 5.69 Å². The summed E-state index contributed by atoms with van der Waals surface area (Å²) in [7, 11) is 0. The molecule has 0 heterocycles. The van der Waals surface area contributed by atoms with E-state index >= 15 is 0 Å². The molecule has 2 amide bonds. The van der Waals surface area contributed by atoms with E-state index in [-0.39, 0.29) is 29.8 Å². The Balaban J connectivity index is 1.59. The first kappa shape index (κ1) is 24.8. The summed E-state index contributed by atoms with van der Waals surface area (Å²) in [6.45, 7) is 4.46. The molecule has 0 spiro atoms. The van der Waals surface area contributed by atoms with E-state index in [1.165, 1.54) is 32.6 Å². The lowest BCUT2D eigenvalue weighted by Gasteiger charge is -2.26. The van der Waals surface area contributed by atoms with Crippen molar-refractivity contribution in [3.63, 3.8) is 0 Å². The summed E-state index contributed by atoms with van der Waals surface area (Å²) in [6.07, 6.45) is 6.98. The fourth-order valence-electron chi connectivity index (χ4n) is 3.92. The summed E-state index contributed by atoms with van der Waals surface area (Å²) in [5.41, 5.74) is 1.68. The molecule has 1 fully saturated rings. The second kappa shape index (κ2) is 13.0. The number of ketones is 2. The molecule has 6 heteroatoms. The van der Waals surface area contributed by atoms with Crippen molar-refractivity contribution in [2.75, 3.05) is 11.9 Å². The second-order valence-electron chi connectivity index (χ2n) is 8.95. The molecule has 0 bridgehead atoms. The van der Waals surface area contributed by atoms with Crippen LogP contribution in [0.5, 0.6) is 0 Å². The number of aryl methyl sites for hydroxylation is 1. The van der Waals surface area contributed by atoms with Crippen molar-refractivity contribution in [3.05, 3.63) is 29.8 Å². The van der Waals surface area contributed by atoms with Gasteiger partial charge in [-0.05, 0) is 62.1 Å². The average molecular weight is 429 g/mol. The van der Waals surface area contributed by atoms with E-state index in [2.05, 4.69) is 17.6 Å². The van der Waals surface area contributed by atoms with E-state index in [1.807, 2.05) is 12.1 Å². The van der Waals surface area contributed by atoms with Gasteiger partial charge < -0.3 is 10.6 Å². The van der Waals surface area contributed by atoms with Gasteiger partial charge in [0.15, 0.2) is 0 Å². The Morgan fingerprint density at radius 1 is 0.903 bits per heavy atom. The van der Waals surface area contributed by atoms with E-state index in [0.29, 0.717) is 43.7 Å². The Morgan fingerprint density at radius 3 is 2.19 bits per heavy atom. The molecule has 1 aromatic carbocycles. The third kappa shape index (κ3) is 10.4. The number of Topliss-reactive ketones (excluding diaryl/α,β-unsaturated/α-hetero) is 2. The number of hydrogen-bond acceptors (Lipinski definition) is 4. The first-order valence-electron chi connectivity index (χ1n) is 11.5. The van der Waals surface area contributed by atoms with Crippen LogP contribution in [0.15, 0.2) is 24.3 Å². The van der Waals surface area contributed by atoms with Crippen LogP contribution >= 0.6 is 0 Å². The molecule has 2 rings (SSSR count). The minimum Gasteiger partial charge on any atom is -0.356 e. The number of rotatable bonds is 12. The average Bonchev–Trinajstić information content (AvgIpc) is 2.72. The number of carbonyl (C=O) groups is 4.